The van der Waals surface area contributed by atoms with Gasteiger partial charge in [0.1, 0.15) is 5.82 Å². The Bertz CT molecular complexity index is 1090. The summed E-state index contributed by atoms with van der Waals surface area (Å²) in [7, 11) is -2.57. The first kappa shape index (κ1) is 21.9. The minimum atomic E-state index is -3.87. The maximum atomic E-state index is 13.0. The maximum absolute atomic E-state index is 13.0. The van der Waals surface area contributed by atoms with Crippen LogP contribution in [0.1, 0.15) is 0 Å². The standard InChI is InChI=1S/C19H20FN5O3S2/c1-25(30(27,28)16-9-7-15(20)8-10-16)13-17(26)21-11-12-29-19-22-18(23-24-19)14-5-3-2-4-6-14/h2-10H,11-13H2,1H3,(H,21,26)(H,22,23,24). The molecule has 1 amide bonds. The molecular weight excluding hydrogens is 429 g/mol. The first-order valence-corrected chi connectivity index (χ1v) is 11.4. The fourth-order valence-corrected chi connectivity index (χ4v) is 4.28. The zero-order valence-corrected chi connectivity index (χ0v) is 17.7. The molecule has 0 saturated heterocycles. The molecule has 1 aromatic heterocycles. The van der Waals surface area contributed by atoms with Crippen LogP contribution in [0.3, 0.4) is 0 Å². The van der Waals surface area contributed by atoms with Crippen molar-refractivity contribution < 1.29 is 17.6 Å². The molecule has 158 valence electrons. The van der Waals surface area contributed by atoms with E-state index in [0.29, 0.717) is 23.3 Å². The lowest BCUT2D eigenvalue weighted by Crippen LogP contribution is -2.39. The van der Waals surface area contributed by atoms with Crippen molar-refractivity contribution in [2.45, 2.75) is 10.1 Å². The van der Waals surface area contributed by atoms with Crippen molar-refractivity contribution in [1.29, 1.82) is 0 Å². The molecule has 0 aliphatic carbocycles. The quantitative estimate of drug-likeness (QED) is 0.383. The van der Waals surface area contributed by atoms with E-state index in [0.717, 1.165) is 34.1 Å². The number of halogens is 1. The number of H-pyrrole nitrogens is 1. The predicted molar refractivity (Wildman–Crippen MR) is 112 cm³/mol. The predicted octanol–water partition coefficient (Wildman–Crippen LogP) is 2.14. The molecule has 3 aromatic rings. The van der Waals surface area contributed by atoms with Gasteiger partial charge in [0, 0.05) is 24.9 Å². The summed E-state index contributed by atoms with van der Waals surface area (Å²) in [6, 6.07) is 14.0. The maximum Gasteiger partial charge on any atom is 0.243 e. The third-order valence-electron chi connectivity index (χ3n) is 4.06. The largest absolute Gasteiger partial charge is 0.354 e. The van der Waals surface area contributed by atoms with E-state index in [2.05, 4.69) is 20.5 Å². The van der Waals surface area contributed by atoms with Crippen LogP contribution in [0.2, 0.25) is 0 Å². The number of thioether (sulfide) groups is 1. The van der Waals surface area contributed by atoms with E-state index in [4.69, 9.17) is 0 Å². The Morgan fingerprint density at radius 2 is 1.87 bits per heavy atom. The number of hydrogen-bond donors (Lipinski definition) is 2. The minimum absolute atomic E-state index is 0.0754. The summed E-state index contributed by atoms with van der Waals surface area (Å²) < 4.78 is 38.7. The molecule has 0 spiro atoms. The molecule has 11 heteroatoms. The Balaban J connectivity index is 1.44. The molecule has 0 atom stereocenters. The molecule has 0 fully saturated rings. The lowest BCUT2D eigenvalue weighted by atomic mass is 10.2. The summed E-state index contributed by atoms with van der Waals surface area (Å²) in [5.74, 6) is 0.208. The highest BCUT2D eigenvalue weighted by atomic mass is 32.2. The molecular formula is C19H20FN5O3S2. The van der Waals surface area contributed by atoms with Crippen LogP contribution in [0.5, 0.6) is 0 Å². The average Bonchev–Trinajstić information content (AvgIpc) is 3.21. The lowest BCUT2D eigenvalue weighted by Gasteiger charge is -2.16. The Kier molecular flexibility index (Phi) is 7.19. The molecule has 0 radical (unpaired) electrons. The number of carbonyl (C=O) groups is 1. The molecule has 2 N–H and O–H groups in total. The number of hydrogen-bond acceptors (Lipinski definition) is 6. The van der Waals surface area contributed by atoms with Gasteiger partial charge in [-0.25, -0.2) is 17.8 Å². The van der Waals surface area contributed by atoms with Crippen molar-refractivity contribution >= 4 is 27.7 Å². The lowest BCUT2D eigenvalue weighted by molar-refractivity contribution is -0.121. The number of nitrogens with one attached hydrogen (secondary N) is 2. The highest BCUT2D eigenvalue weighted by molar-refractivity contribution is 7.99. The van der Waals surface area contributed by atoms with Gasteiger partial charge in [-0.3, -0.25) is 9.89 Å². The minimum Gasteiger partial charge on any atom is -0.354 e. The van der Waals surface area contributed by atoms with E-state index in [9.17, 15) is 17.6 Å². The Hall–Kier alpha value is -2.76. The monoisotopic (exact) mass is 449 g/mol. The first-order valence-electron chi connectivity index (χ1n) is 8.95. The van der Waals surface area contributed by atoms with Gasteiger partial charge in [-0.15, -0.1) is 5.10 Å². The Labute approximate surface area is 178 Å². The van der Waals surface area contributed by atoms with Crippen LogP contribution in [0.4, 0.5) is 4.39 Å². The van der Waals surface area contributed by atoms with Gasteiger partial charge in [0.05, 0.1) is 11.4 Å². The number of aromatic nitrogens is 3. The zero-order valence-electron chi connectivity index (χ0n) is 16.1. The summed E-state index contributed by atoms with van der Waals surface area (Å²) in [6.07, 6.45) is 0. The second-order valence-corrected chi connectivity index (χ2v) is 9.35. The Morgan fingerprint density at radius 1 is 1.17 bits per heavy atom. The molecule has 3 rings (SSSR count). The van der Waals surface area contributed by atoms with Crippen LogP contribution >= 0.6 is 11.8 Å². The number of carbonyl (C=O) groups excluding carboxylic acids is 1. The van der Waals surface area contributed by atoms with Crippen molar-refractivity contribution in [3.8, 4) is 11.4 Å². The van der Waals surface area contributed by atoms with Crippen molar-refractivity contribution in [3.05, 3.63) is 60.4 Å². The summed E-state index contributed by atoms with van der Waals surface area (Å²) in [4.78, 5) is 16.4. The van der Waals surface area contributed by atoms with E-state index in [1.54, 1.807) is 0 Å². The topological polar surface area (TPSA) is 108 Å². The molecule has 0 bridgehead atoms. The zero-order chi connectivity index (χ0) is 21.6. The number of sulfonamides is 1. The van der Waals surface area contributed by atoms with Crippen LogP contribution in [-0.4, -0.2) is 59.7 Å². The van der Waals surface area contributed by atoms with Gasteiger partial charge in [0.25, 0.3) is 0 Å². The number of nitrogens with zero attached hydrogens (tertiary/aromatic N) is 3. The van der Waals surface area contributed by atoms with E-state index in [1.165, 1.54) is 18.8 Å². The van der Waals surface area contributed by atoms with Gasteiger partial charge in [-0.2, -0.15) is 4.31 Å². The van der Waals surface area contributed by atoms with Crippen molar-refractivity contribution in [3.63, 3.8) is 0 Å². The first-order chi connectivity index (χ1) is 14.4. The number of amides is 1. The van der Waals surface area contributed by atoms with Crippen LogP contribution in [0.25, 0.3) is 11.4 Å². The smallest absolute Gasteiger partial charge is 0.243 e. The summed E-state index contributed by atoms with van der Waals surface area (Å²) in [6.45, 7) is -0.0215. The molecule has 0 unspecified atom stereocenters. The fourth-order valence-electron chi connectivity index (χ4n) is 2.50. The van der Waals surface area contributed by atoms with Gasteiger partial charge >= 0.3 is 0 Å². The summed E-state index contributed by atoms with van der Waals surface area (Å²) in [5.41, 5.74) is 0.926. The molecule has 0 aliphatic rings. The molecule has 0 saturated carbocycles. The van der Waals surface area contributed by atoms with Gasteiger partial charge in [-0.1, -0.05) is 42.1 Å². The van der Waals surface area contributed by atoms with E-state index in [1.807, 2.05) is 30.3 Å². The molecule has 0 aliphatic heterocycles. The normalized spacial score (nSPS) is 11.6. The van der Waals surface area contributed by atoms with E-state index < -0.39 is 21.7 Å². The van der Waals surface area contributed by atoms with Crippen LogP contribution in [0.15, 0.2) is 64.6 Å². The van der Waals surface area contributed by atoms with Gasteiger partial charge < -0.3 is 5.32 Å². The third-order valence-corrected chi connectivity index (χ3v) is 6.72. The summed E-state index contributed by atoms with van der Waals surface area (Å²) >= 11 is 1.36. The highest BCUT2D eigenvalue weighted by Gasteiger charge is 2.22. The van der Waals surface area contributed by atoms with Gasteiger partial charge in [0.15, 0.2) is 5.82 Å². The molecule has 8 nitrogen and oxygen atoms in total. The number of likely N-dealkylation sites (N-methyl/N-ethyl adjacent to an activating group) is 1. The molecule has 1 heterocycles. The Morgan fingerprint density at radius 3 is 2.57 bits per heavy atom. The SMILES string of the molecule is CN(CC(=O)NCCSc1n[nH]c(-c2ccccc2)n1)S(=O)(=O)c1ccc(F)cc1. The van der Waals surface area contributed by atoms with Gasteiger partial charge in [0.2, 0.25) is 21.1 Å². The summed E-state index contributed by atoms with van der Waals surface area (Å²) in [5, 5.41) is 10.2. The number of rotatable bonds is 9. The molecule has 30 heavy (non-hydrogen) atoms. The number of benzene rings is 2. The van der Waals surface area contributed by atoms with Crippen LogP contribution < -0.4 is 5.32 Å². The van der Waals surface area contributed by atoms with Crippen molar-refractivity contribution in [2.75, 3.05) is 25.9 Å². The van der Waals surface area contributed by atoms with Crippen molar-refractivity contribution in [1.82, 2.24) is 24.8 Å². The van der Waals surface area contributed by atoms with E-state index >= 15 is 0 Å². The van der Waals surface area contributed by atoms with Gasteiger partial charge in [-0.05, 0) is 24.3 Å². The van der Waals surface area contributed by atoms with Crippen LogP contribution in [0, 0.1) is 5.82 Å². The second-order valence-electron chi connectivity index (χ2n) is 6.25. The number of aromatic amines is 1. The fraction of sp³-hybridized carbons (Fsp3) is 0.211. The van der Waals surface area contributed by atoms with Crippen molar-refractivity contribution in [2.24, 2.45) is 0 Å². The average molecular weight is 450 g/mol. The highest BCUT2D eigenvalue weighted by Crippen LogP contribution is 2.18. The third kappa shape index (κ3) is 5.65. The second kappa shape index (κ2) is 9.83. The molecule has 2 aromatic carbocycles. The van der Waals surface area contributed by atoms with E-state index in [-0.39, 0.29) is 11.4 Å². The van der Waals surface area contributed by atoms with Crippen LogP contribution in [-0.2, 0) is 14.8 Å².